The minimum Gasteiger partial charge on any atom is -0.409 e. The van der Waals surface area contributed by atoms with Gasteiger partial charge < -0.3 is 15.8 Å². The summed E-state index contributed by atoms with van der Waals surface area (Å²) in [5.74, 6) is 0.163. The molecule has 1 aliphatic heterocycles. The van der Waals surface area contributed by atoms with Crippen LogP contribution in [0, 0.1) is 6.92 Å². The largest absolute Gasteiger partial charge is 0.409 e. The second kappa shape index (κ2) is 5.29. The molecule has 1 heterocycles. The molecule has 1 saturated heterocycles. The zero-order valence-electron chi connectivity index (χ0n) is 11.1. The lowest BCUT2D eigenvalue weighted by molar-refractivity contribution is 0.318. The smallest absolute Gasteiger partial charge is 0.170 e. The Hall–Kier alpha value is -1.71. The minimum atomic E-state index is 0.163. The molecule has 0 amide bonds. The van der Waals surface area contributed by atoms with Crippen molar-refractivity contribution >= 4 is 11.5 Å². The molecule has 1 fully saturated rings. The standard InChI is InChI=1S/C14H21N3O/c1-10-9-12(14(15)16-18)6-7-13(10)17-8-4-3-5-11(17)2/h6-7,9,11,18H,3-5,8H2,1-2H3,(H2,15,16). The van der Waals surface area contributed by atoms with Crippen molar-refractivity contribution < 1.29 is 5.21 Å². The molecule has 0 spiro atoms. The highest BCUT2D eigenvalue weighted by Crippen LogP contribution is 2.28. The molecule has 3 N–H and O–H groups in total. The number of oxime groups is 1. The first-order chi connectivity index (χ1) is 8.63. The average molecular weight is 247 g/mol. The molecule has 1 aliphatic rings. The summed E-state index contributed by atoms with van der Waals surface area (Å²) < 4.78 is 0. The number of hydrogen-bond donors (Lipinski definition) is 2. The summed E-state index contributed by atoms with van der Waals surface area (Å²) in [7, 11) is 0. The van der Waals surface area contributed by atoms with E-state index in [1.807, 2.05) is 12.1 Å². The maximum atomic E-state index is 8.69. The van der Waals surface area contributed by atoms with Crippen LogP contribution in [0.5, 0.6) is 0 Å². The third-order valence-corrected chi connectivity index (χ3v) is 3.71. The van der Waals surface area contributed by atoms with Crippen LogP contribution in [0.1, 0.15) is 37.3 Å². The summed E-state index contributed by atoms with van der Waals surface area (Å²) in [6.45, 7) is 5.46. The predicted molar refractivity (Wildman–Crippen MR) is 74.3 cm³/mol. The number of amidine groups is 1. The van der Waals surface area contributed by atoms with Crippen molar-refractivity contribution in [2.75, 3.05) is 11.4 Å². The first kappa shape index (κ1) is 12.7. The number of anilines is 1. The van der Waals surface area contributed by atoms with Crippen molar-refractivity contribution in [2.24, 2.45) is 10.9 Å². The summed E-state index contributed by atoms with van der Waals surface area (Å²) in [5, 5.41) is 11.7. The van der Waals surface area contributed by atoms with E-state index in [1.54, 1.807) is 0 Å². The molecule has 0 aliphatic carbocycles. The van der Waals surface area contributed by atoms with Crippen LogP contribution in [0.15, 0.2) is 23.4 Å². The molecule has 0 bridgehead atoms. The Balaban J connectivity index is 2.29. The second-order valence-electron chi connectivity index (χ2n) is 5.02. The zero-order chi connectivity index (χ0) is 13.1. The first-order valence-corrected chi connectivity index (χ1v) is 6.48. The van der Waals surface area contributed by atoms with Crippen LogP contribution in [0.4, 0.5) is 5.69 Å². The highest BCUT2D eigenvalue weighted by molar-refractivity contribution is 5.97. The van der Waals surface area contributed by atoms with Gasteiger partial charge >= 0.3 is 0 Å². The molecular weight excluding hydrogens is 226 g/mol. The van der Waals surface area contributed by atoms with Crippen LogP contribution in [0.2, 0.25) is 0 Å². The molecule has 0 radical (unpaired) electrons. The molecule has 1 aromatic carbocycles. The van der Waals surface area contributed by atoms with Gasteiger partial charge in [0.1, 0.15) is 0 Å². The first-order valence-electron chi connectivity index (χ1n) is 6.48. The van der Waals surface area contributed by atoms with Crippen LogP contribution in [-0.2, 0) is 0 Å². The average Bonchev–Trinajstić information content (AvgIpc) is 2.39. The molecule has 4 heteroatoms. The van der Waals surface area contributed by atoms with Gasteiger partial charge in [-0.05, 0) is 56.9 Å². The van der Waals surface area contributed by atoms with E-state index in [-0.39, 0.29) is 5.84 Å². The van der Waals surface area contributed by atoms with Crippen molar-refractivity contribution in [1.82, 2.24) is 0 Å². The lowest BCUT2D eigenvalue weighted by atomic mass is 10.0. The molecule has 2 rings (SSSR count). The van der Waals surface area contributed by atoms with E-state index < -0.39 is 0 Å². The highest BCUT2D eigenvalue weighted by Gasteiger charge is 2.20. The summed E-state index contributed by atoms with van der Waals surface area (Å²) in [5.41, 5.74) is 8.81. The van der Waals surface area contributed by atoms with E-state index in [9.17, 15) is 0 Å². The fraction of sp³-hybridized carbons (Fsp3) is 0.500. The quantitative estimate of drug-likeness (QED) is 0.365. The van der Waals surface area contributed by atoms with Crippen molar-refractivity contribution in [2.45, 2.75) is 39.2 Å². The fourth-order valence-electron chi connectivity index (χ4n) is 2.65. The van der Waals surface area contributed by atoms with Crippen molar-refractivity contribution in [3.05, 3.63) is 29.3 Å². The third kappa shape index (κ3) is 2.42. The molecule has 98 valence electrons. The Labute approximate surface area is 108 Å². The Kier molecular flexibility index (Phi) is 3.75. The minimum absolute atomic E-state index is 0.163. The topological polar surface area (TPSA) is 61.9 Å². The molecular formula is C14H21N3O. The molecule has 4 nitrogen and oxygen atoms in total. The number of piperidine rings is 1. The van der Waals surface area contributed by atoms with E-state index in [4.69, 9.17) is 10.9 Å². The molecule has 18 heavy (non-hydrogen) atoms. The highest BCUT2D eigenvalue weighted by atomic mass is 16.4. The van der Waals surface area contributed by atoms with Crippen LogP contribution in [0.3, 0.4) is 0 Å². The van der Waals surface area contributed by atoms with Crippen molar-refractivity contribution in [1.29, 1.82) is 0 Å². The molecule has 0 aromatic heterocycles. The van der Waals surface area contributed by atoms with Gasteiger partial charge in [-0.25, -0.2) is 0 Å². The van der Waals surface area contributed by atoms with Gasteiger partial charge in [-0.3, -0.25) is 0 Å². The Morgan fingerprint density at radius 1 is 1.44 bits per heavy atom. The van der Waals surface area contributed by atoms with Crippen LogP contribution in [-0.4, -0.2) is 23.6 Å². The zero-order valence-corrected chi connectivity index (χ0v) is 11.1. The van der Waals surface area contributed by atoms with Gasteiger partial charge in [0.05, 0.1) is 0 Å². The van der Waals surface area contributed by atoms with Gasteiger partial charge in [0.2, 0.25) is 0 Å². The third-order valence-electron chi connectivity index (χ3n) is 3.71. The van der Waals surface area contributed by atoms with Crippen molar-refractivity contribution in [3.63, 3.8) is 0 Å². The Bertz CT molecular complexity index is 456. The van der Waals surface area contributed by atoms with Crippen LogP contribution < -0.4 is 10.6 Å². The summed E-state index contributed by atoms with van der Waals surface area (Å²) in [6, 6.07) is 6.56. The Morgan fingerprint density at radius 2 is 2.22 bits per heavy atom. The molecule has 1 atom stereocenters. The van der Waals surface area contributed by atoms with Crippen LogP contribution in [0.25, 0.3) is 0 Å². The number of nitrogens with two attached hydrogens (primary N) is 1. The summed E-state index contributed by atoms with van der Waals surface area (Å²) >= 11 is 0. The van der Waals surface area contributed by atoms with E-state index in [0.29, 0.717) is 6.04 Å². The van der Waals surface area contributed by atoms with Gasteiger partial charge in [0.25, 0.3) is 0 Å². The number of nitrogens with zero attached hydrogens (tertiary/aromatic N) is 2. The van der Waals surface area contributed by atoms with Gasteiger partial charge in [-0.15, -0.1) is 0 Å². The Morgan fingerprint density at radius 3 is 2.83 bits per heavy atom. The van der Waals surface area contributed by atoms with Gasteiger partial charge in [0, 0.05) is 23.8 Å². The lowest BCUT2D eigenvalue weighted by Gasteiger charge is -2.36. The predicted octanol–water partition coefficient (Wildman–Crippen LogP) is 2.47. The number of aryl methyl sites for hydroxylation is 1. The maximum Gasteiger partial charge on any atom is 0.170 e. The normalized spacial score (nSPS) is 21.1. The SMILES string of the molecule is Cc1cc(/C(N)=N/O)ccc1N1CCCCC1C. The van der Waals surface area contributed by atoms with Gasteiger partial charge in [0.15, 0.2) is 5.84 Å². The molecule has 0 saturated carbocycles. The number of hydrogen-bond acceptors (Lipinski definition) is 3. The summed E-state index contributed by atoms with van der Waals surface area (Å²) in [6.07, 6.45) is 3.83. The summed E-state index contributed by atoms with van der Waals surface area (Å²) in [4.78, 5) is 2.45. The molecule has 1 unspecified atom stereocenters. The van der Waals surface area contributed by atoms with Crippen molar-refractivity contribution in [3.8, 4) is 0 Å². The van der Waals surface area contributed by atoms with Gasteiger partial charge in [-0.1, -0.05) is 5.16 Å². The van der Waals surface area contributed by atoms with E-state index in [0.717, 1.165) is 12.1 Å². The van der Waals surface area contributed by atoms with Gasteiger partial charge in [-0.2, -0.15) is 0 Å². The van der Waals surface area contributed by atoms with E-state index in [2.05, 4.69) is 30.0 Å². The molecule has 1 aromatic rings. The monoisotopic (exact) mass is 247 g/mol. The lowest BCUT2D eigenvalue weighted by Crippen LogP contribution is -2.37. The number of benzene rings is 1. The maximum absolute atomic E-state index is 8.69. The van der Waals surface area contributed by atoms with Crippen LogP contribution >= 0.6 is 0 Å². The van der Waals surface area contributed by atoms with E-state index >= 15 is 0 Å². The number of rotatable bonds is 2. The second-order valence-corrected chi connectivity index (χ2v) is 5.02. The fourth-order valence-corrected chi connectivity index (χ4v) is 2.65. The van der Waals surface area contributed by atoms with E-state index in [1.165, 1.54) is 30.5 Å².